The summed E-state index contributed by atoms with van der Waals surface area (Å²) in [5.41, 5.74) is 4.77. The van der Waals surface area contributed by atoms with Gasteiger partial charge in [-0.15, -0.1) is 0 Å². The molecule has 0 spiro atoms. The maximum Gasteiger partial charge on any atom is 0.253 e. The van der Waals surface area contributed by atoms with Gasteiger partial charge in [0.2, 0.25) is 0 Å². The number of thioether (sulfide) groups is 1. The zero-order chi connectivity index (χ0) is 17.8. The van der Waals surface area contributed by atoms with E-state index in [0.29, 0.717) is 10.7 Å². The van der Waals surface area contributed by atoms with Crippen molar-refractivity contribution < 1.29 is 9.90 Å². The fourth-order valence-electron chi connectivity index (χ4n) is 2.09. The van der Waals surface area contributed by atoms with Gasteiger partial charge in [0, 0.05) is 10.0 Å². The molecule has 0 fully saturated rings. The Hall–Kier alpha value is -2.32. The zero-order valence-corrected chi connectivity index (χ0v) is 15.6. The van der Waals surface area contributed by atoms with Gasteiger partial charge in [-0.25, -0.2) is 10.4 Å². The van der Waals surface area contributed by atoms with Crippen LogP contribution < -0.4 is 5.43 Å². The monoisotopic (exact) mass is 418 g/mol. The van der Waals surface area contributed by atoms with Crippen LogP contribution in [0.1, 0.15) is 12.5 Å². The number of aromatic nitrogens is 2. The predicted molar refractivity (Wildman–Crippen MR) is 103 cm³/mol. The lowest BCUT2D eigenvalue weighted by atomic mass is 10.2. The molecule has 0 saturated heterocycles. The third kappa shape index (κ3) is 4.40. The summed E-state index contributed by atoms with van der Waals surface area (Å²) in [7, 11) is 0. The van der Waals surface area contributed by atoms with E-state index in [2.05, 4.69) is 36.4 Å². The maximum absolute atomic E-state index is 12.1. The van der Waals surface area contributed by atoms with E-state index >= 15 is 0 Å². The average molecular weight is 419 g/mol. The van der Waals surface area contributed by atoms with Crippen molar-refractivity contribution in [1.29, 1.82) is 0 Å². The largest absolute Gasteiger partial charge is 0.507 e. The molecular formula is C17H15BrN4O2S. The first-order valence-electron chi connectivity index (χ1n) is 7.46. The van der Waals surface area contributed by atoms with Crippen molar-refractivity contribution in [1.82, 2.24) is 15.4 Å². The molecule has 3 N–H and O–H groups in total. The number of fused-ring (bicyclic) bond motifs is 1. The standard InChI is InChI=1S/C17H15BrN4O2S/c1-10(25-17-20-13-4-2-3-5-14(13)21-17)16(24)22-19-9-11-8-12(18)6-7-15(11)23/h2-10,23H,1H3,(H,20,21)(H,22,24)/b19-9-/t10-/m0/s1. The molecule has 0 aliphatic heterocycles. The number of phenolic OH excluding ortho intramolecular Hbond substituents is 1. The number of carbonyl (C=O) groups excluding carboxylic acids is 1. The third-order valence-electron chi connectivity index (χ3n) is 3.39. The van der Waals surface area contributed by atoms with Gasteiger partial charge in [0.05, 0.1) is 22.5 Å². The summed E-state index contributed by atoms with van der Waals surface area (Å²) in [4.78, 5) is 19.8. The minimum Gasteiger partial charge on any atom is -0.507 e. The Balaban J connectivity index is 1.60. The minimum absolute atomic E-state index is 0.0888. The lowest BCUT2D eigenvalue weighted by Gasteiger charge is -2.07. The Morgan fingerprint density at radius 1 is 1.40 bits per heavy atom. The van der Waals surface area contributed by atoms with Crippen molar-refractivity contribution >= 4 is 50.8 Å². The molecule has 0 bridgehead atoms. The highest BCUT2D eigenvalue weighted by Crippen LogP contribution is 2.23. The quantitative estimate of drug-likeness (QED) is 0.335. The van der Waals surface area contributed by atoms with E-state index in [1.807, 2.05) is 24.3 Å². The summed E-state index contributed by atoms with van der Waals surface area (Å²) in [6.45, 7) is 1.78. The van der Waals surface area contributed by atoms with Crippen LogP contribution in [0.4, 0.5) is 0 Å². The normalized spacial score (nSPS) is 12.6. The molecule has 0 aliphatic carbocycles. The molecule has 0 unspecified atom stereocenters. The number of rotatable bonds is 5. The fraction of sp³-hybridized carbons (Fsp3) is 0.118. The molecule has 1 atom stereocenters. The lowest BCUT2D eigenvalue weighted by molar-refractivity contribution is -0.120. The van der Waals surface area contributed by atoms with Crippen LogP contribution in [-0.4, -0.2) is 32.4 Å². The summed E-state index contributed by atoms with van der Waals surface area (Å²) in [5.74, 6) is -0.165. The van der Waals surface area contributed by atoms with Gasteiger partial charge in [0.15, 0.2) is 5.16 Å². The van der Waals surface area contributed by atoms with E-state index in [0.717, 1.165) is 15.5 Å². The Bertz CT molecular complexity index is 908. The first-order valence-corrected chi connectivity index (χ1v) is 9.13. The van der Waals surface area contributed by atoms with Crippen LogP contribution >= 0.6 is 27.7 Å². The van der Waals surface area contributed by atoms with Gasteiger partial charge in [-0.3, -0.25) is 4.79 Å². The van der Waals surface area contributed by atoms with Crippen molar-refractivity contribution in [3.63, 3.8) is 0 Å². The van der Waals surface area contributed by atoms with Crippen LogP contribution in [-0.2, 0) is 4.79 Å². The molecule has 3 rings (SSSR count). The molecule has 8 heteroatoms. The van der Waals surface area contributed by atoms with Crippen LogP contribution in [0.2, 0.25) is 0 Å². The number of carbonyl (C=O) groups is 1. The number of hydrazone groups is 1. The Kier molecular flexibility index (Phi) is 5.40. The lowest BCUT2D eigenvalue weighted by Crippen LogP contribution is -2.26. The number of benzene rings is 2. The molecule has 1 aromatic heterocycles. The van der Waals surface area contributed by atoms with Gasteiger partial charge in [-0.1, -0.05) is 39.8 Å². The van der Waals surface area contributed by atoms with Gasteiger partial charge in [-0.05, 0) is 37.3 Å². The van der Waals surface area contributed by atoms with E-state index in [1.54, 1.807) is 25.1 Å². The number of para-hydroxylation sites is 2. The van der Waals surface area contributed by atoms with Gasteiger partial charge in [0.25, 0.3) is 5.91 Å². The highest BCUT2D eigenvalue weighted by molar-refractivity contribution is 9.10. The Morgan fingerprint density at radius 2 is 2.20 bits per heavy atom. The van der Waals surface area contributed by atoms with Gasteiger partial charge in [-0.2, -0.15) is 5.10 Å². The number of aromatic amines is 1. The number of nitrogens with one attached hydrogen (secondary N) is 2. The fourth-order valence-corrected chi connectivity index (χ4v) is 3.28. The summed E-state index contributed by atoms with van der Waals surface area (Å²) in [6.07, 6.45) is 1.40. The zero-order valence-electron chi connectivity index (χ0n) is 13.2. The third-order valence-corrected chi connectivity index (χ3v) is 4.87. The van der Waals surface area contributed by atoms with Crippen molar-refractivity contribution in [3.8, 4) is 5.75 Å². The van der Waals surface area contributed by atoms with Gasteiger partial charge < -0.3 is 10.1 Å². The van der Waals surface area contributed by atoms with Crippen LogP contribution in [0.5, 0.6) is 5.75 Å². The Morgan fingerprint density at radius 3 is 3.00 bits per heavy atom. The number of aromatic hydroxyl groups is 1. The highest BCUT2D eigenvalue weighted by atomic mass is 79.9. The van der Waals surface area contributed by atoms with E-state index in [4.69, 9.17) is 0 Å². The number of imidazole rings is 1. The second kappa shape index (κ2) is 7.71. The average Bonchev–Trinajstić information content (AvgIpc) is 3.00. The van der Waals surface area contributed by atoms with Gasteiger partial charge in [0.1, 0.15) is 5.75 Å². The first kappa shape index (κ1) is 17.5. The van der Waals surface area contributed by atoms with Gasteiger partial charge >= 0.3 is 0 Å². The van der Waals surface area contributed by atoms with Crippen molar-refractivity contribution in [2.24, 2.45) is 5.10 Å². The number of hydrogen-bond acceptors (Lipinski definition) is 5. The highest BCUT2D eigenvalue weighted by Gasteiger charge is 2.16. The molecule has 2 aromatic carbocycles. The summed E-state index contributed by atoms with van der Waals surface area (Å²) < 4.78 is 0.812. The summed E-state index contributed by atoms with van der Waals surface area (Å²) in [6, 6.07) is 12.7. The van der Waals surface area contributed by atoms with Crippen molar-refractivity contribution in [2.45, 2.75) is 17.3 Å². The van der Waals surface area contributed by atoms with Crippen LogP contribution in [0, 0.1) is 0 Å². The number of amides is 1. The second-order valence-corrected chi connectivity index (χ2v) is 7.50. The molecule has 25 heavy (non-hydrogen) atoms. The molecule has 0 saturated carbocycles. The molecule has 6 nitrogen and oxygen atoms in total. The number of phenols is 1. The van der Waals surface area contributed by atoms with E-state index < -0.39 is 0 Å². The molecule has 0 aliphatic rings. The van der Waals surface area contributed by atoms with Crippen LogP contribution in [0.15, 0.2) is 57.2 Å². The summed E-state index contributed by atoms with van der Waals surface area (Å²) >= 11 is 4.64. The molecular weight excluding hydrogens is 404 g/mol. The topological polar surface area (TPSA) is 90.4 Å². The summed E-state index contributed by atoms with van der Waals surface area (Å²) in [5, 5.41) is 13.9. The van der Waals surface area contributed by atoms with Crippen molar-refractivity contribution in [2.75, 3.05) is 0 Å². The minimum atomic E-state index is -0.381. The maximum atomic E-state index is 12.1. The molecule has 3 aromatic rings. The second-order valence-electron chi connectivity index (χ2n) is 5.26. The number of hydrogen-bond donors (Lipinski definition) is 3. The number of halogens is 1. The first-order chi connectivity index (χ1) is 12.0. The Labute approximate surface area is 156 Å². The molecule has 0 radical (unpaired) electrons. The molecule has 1 amide bonds. The van der Waals surface area contributed by atoms with Crippen molar-refractivity contribution in [3.05, 3.63) is 52.5 Å². The van der Waals surface area contributed by atoms with E-state index in [1.165, 1.54) is 18.0 Å². The van der Waals surface area contributed by atoms with Crippen LogP contribution in [0.25, 0.3) is 11.0 Å². The molecule has 1 heterocycles. The SMILES string of the molecule is C[C@H](Sc1nc2ccccc2[nH]1)C(=O)N/N=C\c1cc(Br)ccc1O. The smallest absolute Gasteiger partial charge is 0.253 e. The van der Waals surface area contributed by atoms with Crippen LogP contribution in [0.3, 0.4) is 0 Å². The van der Waals surface area contributed by atoms with E-state index in [-0.39, 0.29) is 16.9 Å². The number of nitrogens with zero attached hydrogens (tertiary/aromatic N) is 2. The number of H-pyrrole nitrogens is 1. The molecule has 128 valence electrons. The predicted octanol–water partition coefficient (Wildman–Crippen LogP) is 3.66. The van der Waals surface area contributed by atoms with E-state index in [9.17, 15) is 9.90 Å².